The van der Waals surface area contributed by atoms with Gasteiger partial charge in [0, 0.05) is 18.4 Å². The van der Waals surface area contributed by atoms with E-state index in [0.29, 0.717) is 5.65 Å². The van der Waals surface area contributed by atoms with E-state index in [0.717, 1.165) is 18.8 Å². The highest BCUT2D eigenvalue weighted by Gasteiger charge is 2.10. The third-order valence-electron chi connectivity index (χ3n) is 2.77. The molecule has 1 N–H and O–H groups in total. The number of rotatable bonds is 4. The van der Waals surface area contributed by atoms with Gasteiger partial charge in [-0.3, -0.25) is 0 Å². The van der Waals surface area contributed by atoms with Crippen molar-refractivity contribution in [2.24, 2.45) is 0 Å². The highest BCUT2D eigenvalue weighted by Crippen LogP contribution is 2.10. The Hall–Kier alpha value is -1.88. The van der Waals surface area contributed by atoms with Crippen LogP contribution in [0.1, 0.15) is 23.1 Å². The Balaban J connectivity index is 2.45. The summed E-state index contributed by atoms with van der Waals surface area (Å²) in [6.07, 6.45) is 1.57. The lowest BCUT2D eigenvalue weighted by Crippen LogP contribution is -2.18. The number of carboxylic acid groups (broad SMARTS) is 1. The summed E-state index contributed by atoms with van der Waals surface area (Å²) >= 11 is 0. The second-order valence-electron chi connectivity index (χ2n) is 4.01. The fourth-order valence-corrected chi connectivity index (χ4v) is 1.69. The molecule has 5 heteroatoms. The summed E-state index contributed by atoms with van der Waals surface area (Å²) in [6.45, 7) is 3.79. The summed E-state index contributed by atoms with van der Waals surface area (Å²) < 4.78 is 1.83. The molecule has 5 nitrogen and oxygen atoms in total. The van der Waals surface area contributed by atoms with Crippen molar-refractivity contribution in [3.63, 3.8) is 0 Å². The van der Waals surface area contributed by atoms with Gasteiger partial charge in [0.2, 0.25) is 0 Å². The molecule has 2 rings (SSSR count). The molecule has 17 heavy (non-hydrogen) atoms. The summed E-state index contributed by atoms with van der Waals surface area (Å²) in [7, 11) is 2.02. The average Bonchev–Trinajstić information content (AvgIpc) is 2.74. The van der Waals surface area contributed by atoms with Crippen molar-refractivity contribution in [2.45, 2.75) is 13.5 Å². The molecule has 0 amide bonds. The number of nitrogens with zero attached hydrogens (tertiary/aromatic N) is 3. The first-order chi connectivity index (χ1) is 8.11. The van der Waals surface area contributed by atoms with Gasteiger partial charge in [0.1, 0.15) is 5.65 Å². The van der Waals surface area contributed by atoms with Crippen molar-refractivity contribution in [3.8, 4) is 0 Å². The molecule has 0 aliphatic rings. The zero-order valence-electron chi connectivity index (χ0n) is 9.92. The molecular weight excluding hydrogens is 218 g/mol. The van der Waals surface area contributed by atoms with Gasteiger partial charge in [-0.05, 0) is 25.7 Å². The normalized spacial score (nSPS) is 11.2. The smallest absolute Gasteiger partial charge is 0.356 e. The van der Waals surface area contributed by atoms with Crippen molar-refractivity contribution in [1.29, 1.82) is 0 Å². The van der Waals surface area contributed by atoms with E-state index in [1.807, 2.05) is 29.6 Å². The molecular formula is C12H15N3O2. The number of hydrogen-bond acceptors (Lipinski definition) is 3. The minimum atomic E-state index is -0.997. The SMILES string of the molecule is CCN(C)Cc1cccc2nc(C(=O)O)cn12. The van der Waals surface area contributed by atoms with Crippen LogP contribution < -0.4 is 0 Å². The summed E-state index contributed by atoms with van der Waals surface area (Å²) in [5, 5.41) is 8.92. The van der Waals surface area contributed by atoms with Gasteiger partial charge in [0.05, 0.1) is 0 Å². The molecule has 0 radical (unpaired) electrons. The van der Waals surface area contributed by atoms with Gasteiger partial charge in [-0.2, -0.15) is 0 Å². The maximum atomic E-state index is 10.9. The van der Waals surface area contributed by atoms with E-state index in [9.17, 15) is 4.79 Å². The molecule has 2 heterocycles. The quantitative estimate of drug-likeness (QED) is 0.869. The number of carboxylic acids is 1. The number of carbonyl (C=O) groups is 1. The Bertz CT molecular complexity index is 548. The lowest BCUT2D eigenvalue weighted by atomic mass is 10.3. The molecule has 0 aliphatic heterocycles. The second kappa shape index (κ2) is 4.55. The van der Waals surface area contributed by atoms with Crippen LogP contribution in [-0.2, 0) is 6.54 Å². The van der Waals surface area contributed by atoms with Crippen LogP contribution in [0.4, 0.5) is 0 Å². The highest BCUT2D eigenvalue weighted by molar-refractivity contribution is 5.86. The fourth-order valence-electron chi connectivity index (χ4n) is 1.69. The molecule has 0 atom stereocenters. The van der Waals surface area contributed by atoms with Gasteiger partial charge in [0.15, 0.2) is 5.69 Å². The zero-order chi connectivity index (χ0) is 12.4. The largest absolute Gasteiger partial charge is 0.476 e. The molecule has 0 aromatic carbocycles. The van der Waals surface area contributed by atoms with Gasteiger partial charge >= 0.3 is 5.97 Å². The van der Waals surface area contributed by atoms with E-state index in [1.54, 1.807) is 6.20 Å². The van der Waals surface area contributed by atoms with Crippen LogP contribution >= 0.6 is 0 Å². The number of aromatic carboxylic acids is 1. The van der Waals surface area contributed by atoms with Crippen LogP contribution in [0.5, 0.6) is 0 Å². The first-order valence-electron chi connectivity index (χ1n) is 5.50. The Labute approximate surface area is 99.3 Å². The van der Waals surface area contributed by atoms with Crippen molar-refractivity contribution in [3.05, 3.63) is 35.8 Å². The predicted molar refractivity (Wildman–Crippen MR) is 64.2 cm³/mol. The standard InChI is InChI=1S/C12H15N3O2/c1-3-14(2)7-9-5-4-6-11-13-10(12(16)17)8-15(9)11/h4-6,8H,3,7H2,1-2H3,(H,16,17). The molecule has 2 aromatic rings. The van der Waals surface area contributed by atoms with Crippen molar-refractivity contribution >= 4 is 11.6 Å². The number of pyridine rings is 1. The Morgan fingerprint density at radius 2 is 2.29 bits per heavy atom. The Morgan fingerprint density at radius 3 is 2.94 bits per heavy atom. The number of fused-ring (bicyclic) bond motifs is 1. The van der Waals surface area contributed by atoms with Crippen LogP contribution in [0.3, 0.4) is 0 Å². The maximum Gasteiger partial charge on any atom is 0.356 e. The predicted octanol–water partition coefficient (Wildman–Crippen LogP) is 1.48. The van der Waals surface area contributed by atoms with E-state index in [2.05, 4.69) is 16.8 Å². The summed E-state index contributed by atoms with van der Waals surface area (Å²) in [4.78, 5) is 17.1. The van der Waals surface area contributed by atoms with E-state index < -0.39 is 5.97 Å². The Kier molecular flexibility index (Phi) is 3.10. The van der Waals surface area contributed by atoms with Crippen molar-refractivity contribution in [2.75, 3.05) is 13.6 Å². The third-order valence-corrected chi connectivity index (χ3v) is 2.77. The fraction of sp³-hybridized carbons (Fsp3) is 0.333. The lowest BCUT2D eigenvalue weighted by Gasteiger charge is -2.14. The van der Waals surface area contributed by atoms with Crippen molar-refractivity contribution < 1.29 is 9.90 Å². The molecule has 90 valence electrons. The van der Waals surface area contributed by atoms with Gasteiger partial charge < -0.3 is 14.4 Å². The summed E-state index contributed by atoms with van der Waals surface area (Å²) in [6, 6.07) is 5.68. The summed E-state index contributed by atoms with van der Waals surface area (Å²) in [5.74, 6) is -0.997. The third kappa shape index (κ3) is 2.29. The van der Waals surface area contributed by atoms with E-state index >= 15 is 0 Å². The van der Waals surface area contributed by atoms with E-state index in [-0.39, 0.29) is 5.69 Å². The van der Waals surface area contributed by atoms with Crippen LogP contribution in [0.25, 0.3) is 5.65 Å². The maximum absolute atomic E-state index is 10.9. The number of hydrogen-bond donors (Lipinski definition) is 1. The molecule has 0 fully saturated rings. The summed E-state index contributed by atoms with van der Waals surface area (Å²) in [5.41, 5.74) is 1.79. The zero-order valence-corrected chi connectivity index (χ0v) is 9.92. The topological polar surface area (TPSA) is 57.8 Å². The Morgan fingerprint density at radius 1 is 1.53 bits per heavy atom. The average molecular weight is 233 g/mol. The molecule has 0 saturated heterocycles. The molecule has 0 spiro atoms. The molecule has 0 unspecified atom stereocenters. The van der Waals surface area contributed by atoms with Crippen LogP contribution in [-0.4, -0.2) is 39.0 Å². The lowest BCUT2D eigenvalue weighted by molar-refractivity contribution is 0.0691. The first kappa shape index (κ1) is 11.6. The molecule has 0 aliphatic carbocycles. The van der Waals surface area contributed by atoms with Crippen LogP contribution in [0.2, 0.25) is 0 Å². The second-order valence-corrected chi connectivity index (χ2v) is 4.01. The van der Waals surface area contributed by atoms with Gasteiger partial charge in [-0.1, -0.05) is 13.0 Å². The van der Waals surface area contributed by atoms with E-state index in [4.69, 9.17) is 5.11 Å². The number of aromatic nitrogens is 2. The van der Waals surface area contributed by atoms with Crippen LogP contribution in [0, 0.1) is 0 Å². The van der Waals surface area contributed by atoms with Gasteiger partial charge in [0.25, 0.3) is 0 Å². The van der Waals surface area contributed by atoms with Crippen molar-refractivity contribution in [1.82, 2.24) is 14.3 Å². The monoisotopic (exact) mass is 233 g/mol. The number of imidazole rings is 1. The van der Waals surface area contributed by atoms with E-state index in [1.165, 1.54) is 0 Å². The van der Waals surface area contributed by atoms with Crippen LogP contribution in [0.15, 0.2) is 24.4 Å². The highest BCUT2D eigenvalue weighted by atomic mass is 16.4. The first-order valence-corrected chi connectivity index (χ1v) is 5.50. The van der Waals surface area contributed by atoms with Gasteiger partial charge in [-0.15, -0.1) is 0 Å². The molecule has 0 bridgehead atoms. The molecule has 0 saturated carbocycles. The minimum absolute atomic E-state index is 0.0802. The van der Waals surface area contributed by atoms with Gasteiger partial charge in [-0.25, -0.2) is 9.78 Å². The molecule has 2 aromatic heterocycles. The minimum Gasteiger partial charge on any atom is -0.476 e.